The van der Waals surface area contributed by atoms with E-state index in [1.165, 1.54) is 5.75 Å². The Labute approximate surface area is 110 Å². The fourth-order valence-corrected chi connectivity index (χ4v) is 3.16. The first-order chi connectivity index (χ1) is 8.16. The molecule has 2 rings (SSSR count). The molecule has 0 aliphatic carbocycles. The van der Waals surface area contributed by atoms with Crippen molar-refractivity contribution < 1.29 is 4.42 Å². The number of hydrogen-bond acceptors (Lipinski definition) is 4. The van der Waals surface area contributed by atoms with Gasteiger partial charge < -0.3 is 4.42 Å². The molecule has 0 fully saturated rings. The lowest BCUT2D eigenvalue weighted by Gasteiger charge is -2.02. The van der Waals surface area contributed by atoms with Crippen molar-refractivity contribution in [1.82, 2.24) is 4.98 Å². The maximum atomic E-state index is 5.70. The fraction of sp³-hybridized carbons (Fsp3) is 0.462. The Balaban J connectivity index is 2.04. The summed E-state index contributed by atoms with van der Waals surface area (Å²) in [5, 5.41) is 2.04. The van der Waals surface area contributed by atoms with E-state index in [1.807, 2.05) is 36.2 Å². The second-order valence-electron chi connectivity index (χ2n) is 4.41. The van der Waals surface area contributed by atoms with E-state index in [0.29, 0.717) is 0 Å². The highest BCUT2D eigenvalue weighted by atomic mass is 32.2. The van der Waals surface area contributed by atoms with Gasteiger partial charge in [0.05, 0.1) is 10.6 Å². The Morgan fingerprint density at radius 2 is 2.29 bits per heavy atom. The van der Waals surface area contributed by atoms with Crippen LogP contribution in [0.4, 0.5) is 0 Å². The molecule has 0 bridgehead atoms. The maximum absolute atomic E-state index is 5.70. The summed E-state index contributed by atoms with van der Waals surface area (Å²) in [5.74, 6) is 4.55. The monoisotopic (exact) mass is 267 g/mol. The van der Waals surface area contributed by atoms with E-state index >= 15 is 0 Å². The molecule has 0 spiro atoms. The third kappa shape index (κ3) is 3.36. The van der Waals surface area contributed by atoms with Crippen molar-refractivity contribution in [2.45, 2.75) is 26.5 Å². The second kappa shape index (κ2) is 5.74. The molecule has 0 aliphatic rings. The summed E-state index contributed by atoms with van der Waals surface area (Å²) in [4.78, 5) is 5.68. The number of nitrogens with zero attached hydrogens (tertiary/aromatic N) is 1. The van der Waals surface area contributed by atoms with Crippen molar-refractivity contribution in [3.63, 3.8) is 0 Å². The van der Waals surface area contributed by atoms with Gasteiger partial charge in [-0.25, -0.2) is 4.98 Å². The molecule has 0 unspecified atom stereocenters. The Bertz CT molecular complexity index is 460. The van der Waals surface area contributed by atoms with E-state index in [0.717, 1.165) is 33.9 Å². The fourth-order valence-electron chi connectivity index (χ4n) is 1.46. The topological polar surface area (TPSA) is 26.0 Å². The summed E-state index contributed by atoms with van der Waals surface area (Å²) in [5.41, 5.74) is 1.08. The molecule has 0 saturated heterocycles. The Morgan fingerprint density at radius 1 is 1.47 bits per heavy atom. The molecular weight excluding hydrogens is 250 g/mol. The van der Waals surface area contributed by atoms with Crippen LogP contribution in [0.5, 0.6) is 0 Å². The first kappa shape index (κ1) is 12.7. The van der Waals surface area contributed by atoms with Gasteiger partial charge in [0.2, 0.25) is 5.89 Å². The van der Waals surface area contributed by atoms with Gasteiger partial charge in [-0.2, -0.15) is 11.8 Å². The third-order valence-electron chi connectivity index (χ3n) is 2.31. The van der Waals surface area contributed by atoms with Crippen LogP contribution in [0.2, 0.25) is 0 Å². The van der Waals surface area contributed by atoms with Crippen LogP contribution in [-0.4, -0.2) is 10.7 Å². The van der Waals surface area contributed by atoms with Gasteiger partial charge in [0, 0.05) is 5.75 Å². The normalized spacial score (nSPS) is 11.3. The Kier molecular flexibility index (Phi) is 4.29. The molecule has 0 amide bonds. The zero-order valence-corrected chi connectivity index (χ0v) is 12.0. The predicted octanol–water partition coefficient (Wildman–Crippen LogP) is 4.60. The highest BCUT2D eigenvalue weighted by molar-refractivity contribution is 7.98. The highest BCUT2D eigenvalue weighted by Crippen LogP contribution is 2.27. The highest BCUT2D eigenvalue weighted by Gasteiger charge is 2.12. The van der Waals surface area contributed by atoms with Crippen molar-refractivity contribution >= 4 is 23.1 Å². The molecule has 0 radical (unpaired) electrons. The molecular formula is C13H17NOS2. The number of thioether (sulfide) groups is 1. The predicted molar refractivity (Wildman–Crippen MR) is 75.6 cm³/mol. The van der Waals surface area contributed by atoms with E-state index in [2.05, 4.69) is 18.8 Å². The van der Waals surface area contributed by atoms with Gasteiger partial charge in [-0.05, 0) is 30.0 Å². The lowest BCUT2D eigenvalue weighted by Crippen LogP contribution is -1.92. The number of oxazole rings is 1. The molecule has 17 heavy (non-hydrogen) atoms. The molecule has 0 saturated carbocycles. The van der Waals surface area contributed by atoms with Crippen LogP contribution in [0, 0.1) is 12.8 Å². The maximum Gasteiger partial charge on any atom is 0.236 e. The van der Waals surface area contributed by atoms with Gasteiger partial charge in [0.25, 0.3) is 0 Å². The third-order valence-corrected chi connectivity index (χ3v) is 4.55. The minimum Gasteiger partial charge on any atom is -0.440 e. The number of aryl methyl sites for hydroxylation is 1. The quantitative estimate of drug-likeness (QED) is 0.791. The Hall–Kier alpha value is -0.740. The second-order valence-corrected chi connectivity index (χ2v) is 6.39. The molecule has 0 aliphatic heterocycles. The van der Waals surface area contributed by atoms with Gasteiger partial charge in [0.1, 0.15) is 5.76 Å². The molecule has 2 nitrogen and oxygen atoms in total. The van der Waals surface area contributed by atoms with Crippen molar-refractivity contribution in [2.75, 3.05) is 5.75 Å². The minimum absolute atomic E-state index is 0.726. The molecule has 2 aromatic heterocycles. The van der Waals surface area contributed by atoms with E-state index in [-0.39, 0.29) is 0 Å². The van der Waals surface area contributed by atoms with Crippen molar-refractivity contribution in [1.29, 1.82) is 0 Å². The zero-order chi connectivity index (χ0) is 12.3. The van der Waals surface area contributed by atoms with Crippen LogP contribution in [0.3, 0.4) is 0 Å². The van der Waals surface area contributed by atoms with Crippen LogP contribution in [0.25, 0.3) is 10.8 Å². The van der Waals surface area contributed by atoms with E-state index in [1.54, 1.807) is 11.3 Å². The van der Waals surface area contributed by atoms with Crippen molar-refractivity contribution in [3.8, 4) is 10.8 Å². The summed E-state index contributed by atoms with van der Waals surface area (Å²) in [6.45, 7) is 6.47. The summed E-state index contributed by atoms with van der Waals surface area (Å²) in [6.07, 6.45) is 0. The number of aromatic nitrogens is 1. The number of thiophene rings is 1. The average Bonchev–Trinajstić information content (AvgIpc) is 2.87. The zero-order valence-electron chi connectivity index (χ0n) is 10.4. The summed E-state index contributed by atoms with van der Waals surface area (Å²) in [6, 6.07) is 4.06. The Morgan fingerprint density at radius 3 is 2.94 bits per heavy atom. The van der Waals surface area contributed by atoms with Crippen LogP contribution in [0.15, 0.2) is 21.9 Å². The smallest absolute Gasteiger partial charge is 0.236 e. The average molecular weight is 267 g/mol. The number of hydrogen-bond donors (Lipinski definition) is 0. The van der Waals surface area contributed by atoms with Crippen LogP contribution in [-0.2, 0) is 5.75 Å². The standard InChI is InChI=1S/C13H17NOS2/c1-9(2)7-16-8-11-10(3)15-13(14-11)12-5-4-6-17-12/h4-6,9H,7-8H2,1-3H3. The lowest BCUT2D eigenvalue weighted by molar-refractivity contribution is 0.542. The van der Waals surface area contributed by atoms with Gasteiger partial charge in [-0.3, -0.25) is 0 Å². The first-order valence-electron chi connectivity index (χ1n) is 5.74. The molecule has 0 atom stereocenters. The minimum atomic E-state index is 0.726. The van der Waals surface area contributed by atoms with E-state index < -0.39 is 0 Å². The van der Waals surface area contributed by atoms with Crippen molar-refractivity contribution in [3.05, 3.63) is 29.0 Å². The molecule has 0 N–H and O–H groups in total. The number of rotatable bonds is 5. The lowest BCUT2D eigenvalue weighted by atomic mass is 10.3. The van der Waals surface area contributed by atoms with Crippen LogP contribution < -0.4 is 0 Å². The van der Waals surface area contributed by atoms with Gasteiger partial charge in [-0.1, -0.05) is 19.9 Å². The molecule has 0 aromatic carbocycles. The summed E-state index contributed by atoms with van der Waals surface area (Å²) >= 11 is 3.58. The molecule has 2 heterocycles. The molecule has 92 valence electrons. The van der Waals surface area contributed by atoms with Gasteiger partial charge in [0.15, 0.2) is 0 Å². The summed E-state index contributed by atoms with van der Waals surface area (Å²) in [7, 11) is 0. The van der Waals surface area contributed by atoms with E-state index in [4.69, 9.17) is 4.42 Å². The SMILES string of the molecule is Cc1oc(-c2cccs2)nc1CSCC(C)C. The van der Waals surface area contributed by atoms with Gasteiger partial charge in [-0.15, -0.1) is 11.3 Å². The van der Waals surface area contributed by atoms with Crippen LogP contribution in [0.1, 0.15) is 25.3 Å². The van der Waals surface area contributed by atoms with E-state index in [9.17, 15) is 0 Å². The molecule has 4 heteroatoms. The largest absolute Gasteiger partial charge is 0.440 e. The summed E-state index contributed by atoms with van der Waals surface area (Å²) < 4.78 is 5.70. The van der Waals surface area contributed by atoms with Gasteiger partial charge >= 0.3 is 0 Å². The molecule has 2 aromatic rings. The first-order valence-corrected chi connectivity index (χ1v) is 7.78. The van der Waals surface area contributed by atoms with Crippen molar-refractivity contribution in [2.24, 2.45) is 5.92 Å². The van der Waals surface area contributed by atoms with Crippen LogP contribution >= 0.6 is 23.1 Å².